The van der Waals surface area contributed by atoms with Gasteiger partial charge in [0.25, 0.3) is 5.91 Å². The summed E-state index contributed by atoms with van der Waals surface area (Å²) in [7, 11) is 0. The second kappa shape index (κ2) is 8.60. The summed E-state index contributed by atoms with van der Waals surface area (Å²) in [6.07, 6.45) is 4.17. The monoisotopic (exact) mass is 350 g/mol. The van der Waals surface area contributed by atoms with Gasteiger partial charge in [-0.05, 0) is 43.9 Å². The first-order valence-corrected chi connectivity index (χ1v) is 8.40. The van der Waals surface area contributed by atoms with Crippen molar-refractivity contribution in [2.75, 3.05) is 6.61 Å². The predicted octanol–water partition coefficient (Wildman–Crippen LogP) is 2.81. The second-order valence-electron chi connectivity index (χ2n) is 6.38. The SMILES string of the molecule is CC(=O)c1cc(F)ccc1OCC(=O)NC(=O)NC1CCCCC1C. The fourth-order valence-corrected chi connectivity index (χ4v) is 2.94. The van der Waals surface area contributed by atoms with Gasteiger partial charge < -0.3 is 10.1 Å². The molecule has 1 aliphatic carbocycles. The number of amides is 3. The molecule has 0 bridgehead atoms. The van der Waals surface area contributed by atoms with Crippen molar-refractivity contribution in [1.29, 1.82) is 0 Å². The van der Waals surface area contributed by atoms with Gasteiger partial charge in [-0.2, -0.15) is 0 Å². The second-order valence-corrected chi connectivity index (χ2v) is 6.38. The molecule has 0 heterocycles. The van der Waals surface area contributed by atoms with Crippen molar-refractivity contribution in [2.45, 2.75) is 45.6 Å². The van der Waals surface area contributed by atoms with Crippen LogP contribution in [0.4, 0.5) is 9.18 Å². The van der Waals surface area contributed by atoms with E-state index in [1.54, 1.807) is 0 Å². The number of nitrogens with one attached hydrogen (secondary N) is 2. The number of carbonyl (C=O) groups excluding carboxylic acids is 3. The Balaban J connectivity index is 1.84. The molecular weight excluding hydrogens is 327 g/mol. The van der Waals surface area contributed by atoms with Gasteiger partial charge in [-0.1, -0.05) is 19.8 Å². The van der Waals surface area contributed by atoms with Crippen molar-refractivity contribution >= 4 is 17.7 Å². The van der Waals surface area contributed by atoms with Crippen LogP contribution < -0.4 is 15.4 Å². The molecule has 7 heteroatoms. The zero-order chi connectivity index (χ0) is 18.4. The standard InChI is InChI=1S/C18H23FN2O4/c1-11-5-3-4-6-15(11)20-18(24)21-17(23)10-25-16-8-7-13(19)9-14(16)12(2)22/h7-9,11,15H,3-6,10H2,1-2H3,(H2,20,21,23,24). The third kappa shape index (κ3) is 5.55. The van der Waals surface area contributed by atoms with Gasteiger partial charge in [0.15, 0.2) is 12.4 Å². The Bertz CT molecular complexity index is 662. The highest BCUT2D eigenvalue weighted by atomic mass is 19.1. The lowest BCUT2D eigenvalue weighted by Gasteiger charge is -2.29. The number of rotatable bonds is 5. The lowest BCUT2D eigenvalue weighted by Crippen LogP contribution is -2.48. The van der Waals surface area contributed by atoms with Gasteiger partial charge in [-0.15, -0.1) is 0 Å². The van der Waals surface area contributed by atoms with E-state index in [0.717, 1.165) is 37.8 Å². The summed E-state index contributed by atoms with van der Waals surface area (Å²) in [5.41, 5.74) is 0.0493. The highest BCUT2D eigenvalue weighted by Gasteiger charge is 2.23. The molecule has 0 aliphatic heterocycles. The minimum atomic E-state index is -0.639. The van der Waals surface area contributed by atoms with Crippen LogP contribution in [-0.4, -0.2) is 30.4 Å². The van der Waals surface area contributed by atoms with Crippen LogP contribution in [-0.2, 0) is 4.79 Å². The fourth-order valence-electron chi connectivity index (χ4n) is 2.94. The van der Waals surface area contributed by atoms with Gasteiger partial charge in [0.1, 0.15) is 11.6 Å². The molecule has 1 saturated carbocycles. The van der Waals surface area contributed by atoms with E-state index < -0.39 is 24.4 Å². The summed E-state index contributed by atoms with van der Waals surface area (Å²) < 4.78 is 18.4. The van der Waals surface area contributed by atoms with Crippen LogP contribution in [0, 0.1) is 11.7 Å². The molecule has 2 rings (SSSR count). The van der Waals surface area contributed by atoms with E-state index in [9.17, 15) is 18.8 Å². The average Bonchev–Trinajstić information content (AvgIpc) is 2.55. The summed E-state index contributed by atoms with van der Waals surface area (Å²) in [5.74, 6) is -1.10. The van der Waals surface area contributed by atoms with Gasteiger partial charge in [0.2, 0.25) is 0 Å². The quantitative estimate of drug-likeness (QED) is 0.800. The Morgan fingerprint density at radius 3 is 2.64 bits per heavy atom. The molecule has 1 fully saturated rings. The van der Waals surface area contributed by atoms with Gasteiger partial charge in [-0.3, -0.25) is 14.9 Å². The summed E-state index contributed by atoms with van der Waals surface area (Å²) >= 11 is 0. The largest absolute Gasteiger partial charge is 0.483 e. The van der Waals surface area contributed by atoms with Gasteiger partial charge in [-0.25, -0.2) is 9.18 Å². The molecule has 1 aliphatic rings. The molecule has 2 atom stereocenters. The highest BCUT2D eigenvalue weighted by Crippen LogP contribution is 2.23. The molecule has 2 unspecified atom stereocenters. The van der Waals surface area contributed by atoms with E-state index in [-0.39, 0.29) is 23.1 Å². The molecule has 6 nitrogen and oxygen atoms in total. The van der Waals surface area contributed by atoms with E-state index in [4.69, 9.17) is 4.74 Å². The van der Waals surface area contributed by atoms with Gasteiger partial charge in [0.05, 0.1) is 5.56 Å². The number of ketones is 1. The summed E-state index contributed by atoms with van der Waals surface area (Å²) in [5, 5.41) is 5.01. The summed E-state index contributed by atoms with van der Waals surface area (Å²) in [4.78, 5) is 35.2. The maximum Gasteiger partial charge on any atom is 0.321 e. The number of urea groups is 1. The van der Waals surface area contributed by atoms with Crippen LogP contribution in [0.1, 0.15) is 49.9 Å². The Labute approximate surface area is 146 Å². The molecular formula is C18H23FN2O4. The zero-order valence-electron chi connectivity index (χ0n) is 14.4. The lowest BCUT2D eigenvalue weighted by atomic mass is 9.86. The van der Waals surface area contributed by atoms with Crippen molar-refractivity contribution in [3.8, 4) is 5.75 Å². The van der Waals surface area contributed by atoms with Crippen LogP contribution in [0.2, 0.25) is 0 Å². The van der Waals surface area contributed by atoms with Crippen molar-refractivity contribution in [3.63, 3.8) is 0 Å². The molecule has 2 N–H and O–H groups in total. The van der Waals surface area contributed by atoms with Crippen LogP contribution in [0.5, 0.6) is 5.75 Å². The Morgan fingerprint density at radius 2 is 1.96 bits per heavy atom. The third-order valence-electron chi connectivity index (χ3n) is 4.36. The van der Waals surface area contributed by atoms with E-state index >= 15 is 0 Å². The first kappa shape index (κ1) is 18.9. The van der Waals surface area contributed by atoms with Crippen molar-refractivity contribution in [3.05, 3.63) is 29.6 Å². The Hall–Kier alpha value is -2.44. The van der Waals surface area contributed by atoms with Gasteiger partial charge >= 0.3 is 6.03 Å². The molecule has 0 saturated heterocycles. The molecule has 3 amide bonds. The number of benzene rings is 1. The van der Waals surface area contributed by atoms with Crippen LogP contribution in [0.25, 0.3) is 0 Å². The Morgan fingerprint density at radius 1 is 1.24 bits per heavy atom. The third-order valence-corrected chi connectivity index (χ3v) is 4.36. The minimum Gasteiger partial charge on any atom is -0.483 e. The number of Topliss-reactive ketones (excluding diaryl/α,β-unsaturated/α-hetero) is 1. The maximum absolute atomic E-state index is 13.2. The maximum atomic E-state index is 13.2. The van der Waals surface area contributed by atoms with E-state index in [1.165, 1.54) is 13.0 Å². The Kier molecular flexibility index (Phi) is 6.50. The lowest BCUT2D eigenvalue weighted by molar-refractivity contribution is -0.122. The molecule has 136 valence electrons. The first-order valence-electron chi connectivity index (χ1n) is 8.40. The minimum absolute atomic E-state index is 0.0493. The summed E-state index contributed by atoms with van der Waals surface area (Å²) in [6, 6.07) is 2.97. The average molecular weight is 350 g/mol. The number of carbonyl (C=O) groups is 3. The first-order chi connectivity index (χ1) is 11.9. The van der Waals surface area contributed by atoms with Crippen LogP contribution in [0.15, 0.2) is 18.2 Å². The van der Waals surface area contributed by atoms with Crippen LogP contribution >= 0.6 is 0 Å². The molecule has 0 spiro atoms. The number of hydrogen-bond donors (Lipinski definition) is 2. The normalized spacial score (nSPS) is 19.8. The molecule has 1 aromatic carbocycles. The topological polar surface area (TPSA) is 84.5 Å². The predicted molar refractivity (Wildman–Crippen MR) is 90.0 cm³/mol. The van der Waals surface area contributed by atoms with E-state index in [0.29, 0.717) is 5.92 Å². The van der Waals surface area contributed by atoms with Crippen molar-refractivity contribution in [1.82, 2.24) is 10.6 Å². The van der Waals surface area contributed by atoms with Crippen molar-refractivity contribution in [2.24, 2.45) is 5.92 Å². The molecule has 1 aromatic rings. The highest BCUT2D eigenvalue weighted by molar-refractivity contribution is 5.97. The molecule has 25 heavy (non-hydrogen) atoms. The van der Waals surface area contributed by atoms with Crippen LogP contribution in [0.3, 0.4) is 0 Å². The van der Waals surface area contributed by atoms with E-state index in [1.807, 2.05) is 0 Å². The fraction of sp³-hybridized carbons (Fsp3) is 0.500. The number of halogens is 1. The van der Waals surface area contributed by atoms with E-state index in [2.05, 4.69) is 17.6 Å². The van der Waals surface area contributed by atoms with Crippen molar-refractivity contribution < 1.29 is 23.5 Å². The smallest absolute Gasteiger partial charge is 0.321 e. The molecule has 0 aromatic heterocycles. The number of imide groups is 1. The number of hydrogen-bond acceptors (Lipinski definition) is 4. The van der Waals surface area contributed by atoms with Gasteiger partial charge in [0, 0.05) is 6.04 Å². The number of ether oxygens (including phenoxy) is 1. The zero-order valence-corrected chi connectivity index (χ0v) is 14.4. The summed E-state index contributed by atoms with van der Waals surface area (Å²) in [6.45, 7) is 2.91. The molecule has 0 radical (unpaired) electrons.